The van der Waals surface area contributed by atoms with E-state index in [2.05, 4.69) is 21.5 Å². The van der Waals surface area contributed by atoms with Gasteiger partial charge < -0.3 is 5.32 Å². The molecule has 1 aliphatic rings. The first-order chi connectivity index (χ1) is 12.5. The summed E-state index contributed by atoms with van der Waals surface area (Å²) in [4.78, 5) is 35.9. The second-order valence-electron chi connectivity index (χ2n) is 6.32. The van der Waals surface area contributed by atoms with Crippen LogP contribution in [0.3, 0.4) is 0 Å². The number of hydrogen-bond donors (Lipinski definition) is 4. The monoisotopic (exact) mass is 376 g/mol. The molecular formula is C18H24N4O3S. The Morgan fingerprint density at radius 3 is 2.46 bits per heavy atom. The Labute approximate surface area is 158 Å². The van der Waals surface area contributed by atoms with Crippen LogP contribution in [0.5, 0.6) is 0 Å². The summed E-state index contributed by atoms with van der Waals surface area (Å²) >= 11 is 4.98. The molecule has 1 saturated carbocycles. The van der Waals surface area contributed by atoms with Gasteiger partial charge >= 0.3 is 0 Å². The van der Waals surface area contributed by atoms with E-state index in [0.717, 1.165) is 31.2 Å². The molecule has 7 nitrogen and oxygen atoms in total. The summed E-state index contributed by atoms with van der Waals surface area (Å²) in [6.07, 6.45) is 5.03. The van der Waals surface area contributed by atoms with E-state index in [1.807, 2.05) is 19.1 Å². The van der Waals surface area contributed by atoms with Crippen LogP contribution in [0.1, 0.15) is 48.0 Å². The molecule has 0 radical (unpaired) electrons. The molecule has 26 heavy (non-hydrogen) atoms. The number of nitrogens with one attached hydrogen (secondary N) is 4. The van der Waals surface area contributed by atoms with Crippen molar-refractivity contribution in [3.05, 3.63) is 35.4 Å². The molecule has 0 bridgehead atoms. The minimum atomic E-state index is -0.443. The van der Waals surface area contributed by atoms with Gasteiger partial charge in [-0.05, 0) is 43.6 Å². The SMILES string of the molecule is Cc1ccccc1C(=O)NC(=S)NNC(=O)CNC(=O)C1CCCCC1. The zero-order chi connectivity index (χ0) is 18.9. The molecular weight excluding hydrogens is 352 g/mol. The van der Waals surface area contributed by atoms with Gasteiger partial charge in [-0.1, -0.05) is 37.5 Å². The normalized spacial score (nSPS) is 14.2. The summed E-state index contributed by atoms with van der Waals surface area (Å²) in [7, 11) is 0. The Hall–Kier alpha value is -2.48. The van der Waals surface area contributed by atoms with Gasteiger partial charge in [-0.25, -0.2) is 0 Å². The lowest BCUT2D eigenvalue weighted by Crippen LogP contribution is -2.51. The zero-order valence-electron chi connectivity index (χ0n) is 14.8. The van der Waals surface area contributed by atoms with E-state index in [0.29, 0.717) is 5.56 Å². The van der Waals surface area contributed by atoms with Crippen molar-refractivity contribution in [2.45, 2.75) is 39.0 Å². The number of hydrazine groups is 1. The molecule has 1 aromatic rings. The largest absolute Gasteiger partial charge is 0.347 e. The van der Waals surface area contributed by atoms with Crippen molar-refractivity contribution in [3.63, 3.8) is 0 Å². The summed E-state index contributed by atoms with van der Waals surface area (Å²) in [5.41, 5.74) is 6.13. The molecule has 1 aliphatic carbocycles. The van der Waals surface area contributed by atoms with Crippen LogP contribution in [-0.4, -0.2) is 29.4 Å². The van der Waals surface area contributed by atoms with Gasteiger partial charge in [0.15, 0.2) is 5.11 Å². The molecule has 0 saturated heterocycles. The Morgan fingerprint density at radius 1 is 1.08 bits per heavy atom. The summed E-state index contributed by atoms with van der Waals surface area (Å²) < 4.78 is 0. The Bertz CT molecular complexity index is 687. The van der Waals surface area contributed by atoms with Crippen molar-refractivity contribution in [3.8, 4) is 0 Å². The lowest BCUT2D eigenvalue weighted by atomic mass is 9.89. The molecule has 0 heterocycles. The third-order valence-corrected chi connectivity index (χ3v) is 4.54. The molecule has 3 amide bonds. The molecule has 1 aromatic carbocycles. The zero-order valence-corrected chi connectivity index (χ0v) is 15.6. The second kappa shape index (κ2) is 9.86. The average molecular weight is 376 g/mol. The van der Waals surface area contributed by atoms with Crippen LogP contribution < -0.4 is 21.5 Å². The van der Waals surface area contributed by atoms with Gasteiger partial charge in [-0.15, -0.1) is 0 Å². The minimum absolute atomic E-state index is 0.000939. The van der Waals surface area contributed by atoms with Crippen molar-refractivity contribution in [1.82, 2.24) is 21.5 Å². The average Bonchev–Trinajstić information content (AvgIpc) is 2.65. The lowest BCUT2D eigenvalue weighted by molar-refractivity contribution is -0.129. The molecule has 140 valence electrons. The molecule has 0 atom stereocenters. The summed E-state index contributed by atoms with van der Waals surface area (Å²) in [6.45, 7) is 1.68. The predicted octanol–water partition coefficient (Wildman–Crippen LogP) is 1.33. The number of thiocarbonyl (C=S) groups is 1. The highest BCUT2D eigenvalue weighted by Crippen LogP contribution is 2.23. The third-order valence-electron chi connectivity index (χ3n) is 4.33. The first kappa shape index (κ1) is 19.8. The van der Waals surface area contributed by atoms with E-state index >= 15 is 0 Å². The van der Waals surface area contributed by atoms with Crippen molar-refractivity contribution in [2.75, 3.05) is 6.54 Å². The van der Waals surface area contributed by atoms with Gasteiger partial charge in [-0.3, -0.25) is 30.6 Å². The van der Waals surface area contributed by atoms with Crippen molar-refractivity contribution in [1.29, 1.82) is 0 Å². The number of rotatable bonds is 4. The fourth-order valence-corrected chi connectivity index (χ4v) is 3.02. The van der Waals surface area contributed by atoms with Crippen LogP contribution in [0.25, 0.3) is 0 Å². The summed E-state index contributed by atoms with van der Waals surface area (Å²) in [5, 5.41) is 5.09. The highest BCUT2D eigenvalue weighted by Gasteiger charge is 2.21. The fraction of sp³-hybridized carbons (Fsp3) is 0.444. The van der Waals surface area contributed by atoms with Gasteiger partial charge in [0.1, 0.15) is 0 Å². The van der Waals surface area contributed by atoms with Crippen molar-refractivity contribution in [2.24, 2.45) is 5.92 Å². The number of carbonyl (C=O) groups excluding carboxylic acids is 3. The van der Waals surface area contributed by atoms with E-state index in [1.165, 1.54) is 6.42 Å². The van der Waals surface area contributed by atoms with Gasteiger partial charge in [0, 0.05) is 11.5 Å². The van der Waals surface area contributed by atoms with E-state index in [-0.39, 0.29) is 29.4 Å². The van der Waals surface area contributed by atoms with Crippen molar-refractivity contribution < 1.29 is 14.4 Å². The Morgan fingerprint density at radius 2 is 1.77 bits per heavy atom. The maximum Gasteiger partial charge on any atom is 0.257 e. The molecule has 0 spiro atoms. The highest BCUT2D eigenvalue weighted by molar-refractivity contribution is 7.80. The van der Waals surface area contributed by atoms with E-state index in [1.54, 1.807) is 12.1 Å². The smallest absolute Gasteiger partial charge is 0.257 e. The van der Waals surface area contributed by atoms with Crippen LogP contribution in [0.4, 0.5) is 0 Å². The van der Waals surface area contributed by atoms with Gasteiger partial charge in [-0.2, -0.15) is 0 Å². The standard InChI is InChI=1S/C18H24N4O3S/c1-12-7-5-6-10-14(12)17(25)20-18(26)22-21-15(23)11-19-16(24)13-8-3-2-4-9-13/h5-7,10,13H,2-4,8-9,11H2,1H3,(H,19,24)(H,21,23)(H2,20,22,25,26). The van der Waals surface area contributed by atoms with Crippen LogP contribution in [0.15, 0.2) is 24.3 Å². The first-order valence-electron chi connectivity index (χ1n) is 8.71. The lowest BCUT2D eigenvalue weighted by Gasteiger charge is -2.20. The molecule has 8 heteroatoms. The topological polar surface area (TPSA) is 99.3 Å². The van der Waals surface area contributed by atoms with Gasteiger partial charge in [0.25, 0.3) is 11.8 Å². The Kier molecular flexibility index (Phi) is 7.53. The van der Waals surface area contributed by atoms with E-state index < -0.39 is 5.91 Å². The maximum atomic E-state index is 12.1. The second-order valence-corrected chi connectivity index (χ2v) is 6.73. The van der Waals surface area contributed by atoms with Crippen molar-refractivity contribution >= 4 is 35.1 Å². The number of benzene rings is 1. The Balaban J connectivity index is 1.68. The predicted molar refractivity (Wildman–Crippen MR) is 102 cm³/mol. The molecule has 0 aromatic heterocycles. The number of amides is 3. The minimum Gasteiger partial charge on any atom is -0.347 e. The number of aryl methyl sites for hydroxylation is 1. The highest BCUT2D eigenvalue weighted by atomic mass is 32.1. The van der Waals surface area contributed by atoms with Crippen LogP contribution in [0.2, 0.25) is 0 Å². The number of hydrogen-bond acceptors (Lipinski definition) is 4. The third kappa shape index (κ3) is 6.11. The first-order valence-corrected chi connectivity index (χ1v) is 9.11. The number of carbonyl (C=O) groups is 3. The molecule has 0 aliphatic heterocycles. The molecule has 0 unspecified atom stereocenters. The quantitative estimate of drug-likeness (QED) is 0.469. The molecule has 1 fully saturated rings. The van der Waals surface area contributed by atoms with Gasteiger partial charge in [0.2, 0.25) is 5.91 Å². The summed E-state index contributed by atoms with van der Waals surface area (Å²) in [6, 6.07) is 7.11. The van der Waals surface area contributed by atoms with Crippen LogP contribution >= 0.6 is 12.2 Å². The summed E-state index contributed by atoms with van der Waals surface area (Å²) in [5.74, 6) is -0.892. The van der Waals surface area contributed by atoms with Crippen LogP contribution in [0, 0.1) is 12.8 Å². The fourth-order valence-electron chi connectivity index (χ4n) is 2.88. The van der Waals surface area contributed by atoms with E-state index in [9.17, 15) is 14.4 Å². The van der Waals surface area contributed by atoms with Gasteiger partial charge in [0.05, 0.1) is 6.54 Å². The molecule has 4 N–H and O–H groups in total. The van der Waals surface area contributed by atoms with Crippen LogP contribution in [-0.2, 0) is 9.59 Å². The van der Waals surface area contributed by atoms with E-state index in [4.69, 9.17) is 12.2 Å². The maximum absolute atomic E-state index is 12.1. The molecule has 2 rings (SSSR count).